The Morgan fingerprint density at radius 1 is 0.256 bits per heavy atom. The van der Waals surface area contributed by atoms with E-state index in [9.17, 15) is 0 Å². The van der Waals surface area contributed by atoms with Crippen molar-refractivity contribution in [2.24, 2.45) is 0 Å². The van der Waals surface area contributed by atoms with Gasteiger partial charge in [-0.2, -0.15) is 0 Å². The van der Waals surface area contributed by atoms with Crippen LogP contribution < -0.4 is 31.8 Å². The second-order valence-electron chi connectivity index (χ2n) is 8.68. The van der Waals surface area contributed by atoms with Crippen LogP contribution in [0.15, 0.2) is 182 Å². The van der Waals surface area contributed by atoms with E-state index in [1.807, 2.05) is 13.6 Å². The van der Waals surface area contributed by atoms with Crippen LogP contribution in [0.2, 0.25) is 0 Å². The zero-order valence-corrected chi connectivity index (χ0v) is 26.5. The van der Waals surface area contributed by atoms with Gasteiger partial charge in [0.25, 0.3) is 0 Å². The van der Waals surface area contributed by atoms with E-state index in [0.29, 0.717) is 0 Å². The Kier molecular flexibility index (Phi) is 17.0. The van der Waals surface area contributed by atoms with E-state index in [4.69, 9.17) is 9.59 Å². The summed E-state index contributed by atoms with van der Waals surface area (Å²) < 4.78 is 0. The molecular formula is C38H34NiO2P2. The fraction of sp³-hybridized carbons (Fsp3) is 0. The molecule has 5 heteroatoms. The van der Waals surface area contributed by atoms with Gasteiger partial charge in [0.2, 0.25) is 0 Å². The summed E-state index contributed by atoms with van der Waals surface area (Å²) in [6.45, 7) is 4.00. The number of hydrogen-bond donors (Lipinski definition) is 0. The van der Waals surface area contributed by atoms with E-state index in [2.05, 4.69) is 182 Å². The topological polar surface area (TPSA) is 34.1 Å². The summed E-state index contributed by atoms with van der Waals surface area (Å²) in [5.74, 6) is 0. The Bertz CT molecular complexity index is 1220. The minimum atomic E-state index is -0.446. The zero-order chi connectivity index (χ0) is 29.8. The predicted molar refractivity (Wildman–Crippen MR) is 185 cm³/mol. The van der Waals surface area contributed by atoms with Crippen molar-refractivity contribution in [2.75, 3.05) is 0 Å². The number of rotatable bonds is 6. The molecule has 6 rings (SSSR count). The van der Waals surface area contributed by atoms with Crippen molar-refractivity contribution >= 4 is 61.2 Å². The SMILES string of the molecule is C=O.C=O.[Ni].c1ccc(P(c2ccccc2)c2ccccc2)cc1.c1ccc(P(c2ccccc2)c2ccccc2)cc1. The molecule has 0 saturated carbocycles. The van der Waals surface area contributed by atoms with Crippen molar-refractivity contribution in [3.05, 3.63) is 182 Å². The summed E-state index contributed by atoms with van der Waals surface area (Å²) in [5.41, 5.74) is 0. The summed E-state index contributed by atoms with van der Waals surface area (Å²) in [4.78, 5) is 16.0. The maximum atomic E-state index is 8.00. The molecule has 43 heavy (non-hydrogen) atoms. The van der Waals surface area contributed by atoms with E-state index in [1.54, 1.807) is 0 Å². The van der Waals surface area contributed by atoms with E-state index >= 15 is 0 Å². The summed E-state index contributed by atoms with van der Waals surface area (Å²) in [6.07, 6.45) is 0. The molecule has 0 bridgehead atoms. The van der Waals surface area contributed by atoms with Gasteiger partial charge in [-0.1, -0.05) is 182 Å². The molecule has 0 atom stereocenters. The molecule has 0 aliphatic carbocycles. The number of carbonyl (C=O) groups excluding carboxylic acids is 2. The molecule has 0 amide bonds. The van der Waals surface area contributed by atoms with Crippen molar-refractivity contribution in [3.8, 4) is 0 Å². The number of benzene rings is 6. The standard InChI is InChI=1S/2C18H15P.2CH2O.Ni/c2*1-4-10-16(11-5-1)19(17-12-6-2-7-13-17)18-14-8-3-9-15-18;2*1-2;/h2*1-15H;2*1H2;. The molecule has 0 unspecified atom stereocenters. The first kappa shape index (κ1) is 35.2. The van der Waals surface area contributed by atoms with Crippen molar-refractivity contribution in [1.82, 2.24) is 0 Å². The van der Waals surface area contributed by atoms with Crippen LogP contribution in [0.4, 0.5) is 0 Å². The first-order valence-electron chi connectivity index (χ1n) is 13.4. The van der Waals surface area contributed by atoms with Gasteiger partial charge < -0.3 is 9.59 Å². The molecule has 0 heterocycles. The van der Waals surface area contributed by atoms with Gasteiger partial charge in [-0.05, 0) is 47.7 Å². The summed E-state index contributed by atoms with van der Waals surface area (Å²) in [6, 6.07) is 64.7. The first-order valence-corrected chi connectivity index (χ1v) is 16.1. The fourth-order valence-corrected chi connectivity index (χ4v) is 8.97. The molecule has 0 radical (unpaired) electrons. The normalized spacial score (nSPS) is 9.53. The largest absolute Gasteiger partial charge is 0.307 e. The Morgan fingerprint density at radius 2 is 0.372 bits per heavy atom. The van der Waals surface area contributed by atoms with Gasteiger partial charge in [0.1, 0.15) is 13.6 Å². The Hall–Kier alpha value is -3.99. The predicted octanol–water partition coefficient (Wildman–Crippen LogP) is 6.52. The molecule has 0 aliphatic heterocycles. The van der Waals surface area contributed by atoms with Crippen LogP contribution in [0, 0.1) is 0 Å². The minimum Gasteiger partial charge on any atom is -0.307 e. The van der Waals surface area contributed by atoms with Gasteiger partial charge in [0.05, 0.1) is 0 Å². The molecule has 6 aromatic rings. The van der Waals surface area contributed by atoms with Gasteiger partial charge in [-0.3, -0.25) is 0 Å². The molecular weight excluding hydrogens is 609 g/mol. The number of hydrogen-bond acceptors (Lipinski definition) is 2. The van der Waals surface area contributed by atoms with Gasteiger partial charge in [0, 0.05) is 16.5 Å². The summed E-state index contributed by atoms with van der Waals surface area (Å²) in [5, 5.41) is 8.39. The van der Waals surface area contributed by atoms with Crippen molar-refractivity contribution in [1.29, 1.82) is 0 Å². The van der Waals surface area contributed by atoms with Crippen molar-refractivity contribution < 1.29 is 26.1 Å². The second kappa shape index (κ2) is 20.8. The van der Waals surface area contributed by atoms with Gasteiger partial charge >= 0.3 is 0 Å². The Labute approximate surface area is 268 Å². The quantitative estimate of drug-likeness (QED) is 0.153. The van der Waals surface area contributed by atoms with Crippen molar-refractivity contribution in [3.63, 3.8) is 0 Å². The second-order valence-corrected chi connectivity index (χ2v) is 13.1. The third-order valence-corrected chi connectivity index (χ3v) is 11.0. The van der Waals surface area contributed by atoms with Crippen LogP contribution >= 0.6 is 15.8 Å². The van der Waals surface area contributed by atoms with E-state index in [1.165, 1.54) is 31.8 Å². The average molecular weight is 643 g/mol. The van der Waals surface area contributed by atoms with Crippen LogP contribution in [-0.2, 0) is 26.1 Å². The molecule has 0 aromatic heterocycles. The molecule has 0 fully saturated rings. The average Bonchev–Trinajstić information content (AvgIpc) is 3.10. The first-order chi connectivity index (χ1) is 20.9. The zero-order valence-electron chi connectivity index (χ0n) is 23.8. The fourth-order valence-electron chi connectivity index (χ4n) is 4.36. The van der Waals surface area contributed by atoms with E-state index in [-0.39, 0.29) is 16.5 Å². The molecule has 2 nitrogen and oxygen atoms in total. The Morgan fingerprint density at radius 3 is 0.488 bits per heavy atom. The van der Waals surface area contributed by atoms with Gasteiger partial charge in [-0.15, -0.1) is 0 Å². The molecule has 0 aliphatic rings. The van der Waals surface area contributed by atoms with Crippen LogP contribution in [0.5, 0.6) is 0 Å². The monoisotopic (exact) mass is 642 g/mol. The summed E-state index contributed by atoms with van der Waals surface area (Å²) >= 11 is 0. The number of carbonyl (C=O) groups is 2. The molecule has 218 valence electrons. The molecule has 0 saturated heterocycles. The van der Waals surface area contributed by atoms with Crippen molar-refractivity contribution in [2.45, 2.75) is 0 Å². The minimum absolute atomic E-state index is 0. The van der Waals surface area contributed by atoms with Crippen LogP contribution in [-0.4, -0.2) is 13.6 Å². The maximum Gasteiger partial charge on any atom is 0.106 e. The summed E-state index contributed by atoms with van der Waals surface area (Å²) in [7, 11) is -0.892. The van der Waals surface area contributed by atoms with E-state index < -0.39 is 15.8 Å². The van der Waals surface area contributed by atoms with Crippen LogP contribution in [0.1, 0.15) is 0 Å². The Balaban J connectivity index is 0.000000264. The van der Waals surface area contributed by atoms with Crippen LogP contribution in [0.25, 0.3) is 0 Å². The smallest absolute Gasteiger partial charge is 0.106 e. The molecule has 6 aromatic carbocycles. The molecule has 0 spiro atoms. The molecule has 0 N–H and O–H groups in total. The third-order valence-electron chi connectivity index (χ3n) is 6.09. The van der Waals surface area contributed by atoms with E-state index in [0.717, 1.165) is 0 Å². The third kappa shape index (κ3) is 10.7. The van der Waals surface area contributed by atoms with Crippen LogP contribution in [0.3, 0.4) is 0 Å². The van der Waals surface area contributed by atoms with Gasteiger partial charge in [0.15, 0.2) is 0 Å². The maximum absolute atomic E-state index is 8.00. The van der Waals surface area contributed by atoms with Gasteiger partial charge in [-0.25, -0.2) is 0 Å².